The Morgan fingerprint density at radius 3 is 2.60 bits per heavy atom. The third-order valence-electron chi connectivity index (χ3n) is 4.29. The van der Waals surface area contributed by atoms with Crippen molar-refractivity contribution in [2.24, 2.45) is 0 Å². The Hall–Kier alpha value is -2.05. The van der Waals surface area contributed by atoms with Gasteiger partial charge in [0.1, 0.15) is 11.5 Å². The van der Waals surface area contributed by atoms with Crippen molar-refractivity contribution < 1.29 is 14.3 Å². The number of carbonyl (C=O) groups excluding carboxylic acids is 1. The van der Waals surface area contributed by atoms with Gasteiger partial charge in [0.15, 0.2) is 0 Å². The number of amides is 1. The third-order valence-corrected chi connectivity index (χ3v) is 5.33. The van der Waals surface area contributed by atoms with E-state index in [1.165, 1.54) is 4.88 Å². The van der Waals surface area contributed by atoms with E-state index in [9.17, 15) is 4.79 Å². The van der Waals surface area contributed by atoms with Gasteiger partial charge in [-0.1, -0.05) is 6.07 Å². The van der Waals surface area contributed by atoms with Gasteiger partial charge in [-0.05, 0) is 50.5 Å². The summed E-state index contributed by atoms with van der Waals surface area (Å²) in [4.78, 5) is 15.7. The van der Waals surface area contributed by atoms with E-state index < -0.39 is 0 Å². The number of benzene rings is 1. The highest BCUT2D eigenvalue weighted by molar-refractivity contribution is 7.10. The minimum Gasteiger partial charge on any atom is -0.497 e. The molecule has 0 aliphatic heterocycles. The molecule has 25 heavy (non-hydrogen) atoms. The molecule has 1 heterocycles. The minimum absolute atomic E-state index is 0.0247. The molecular formula is C19H26N2O3S. The van der Waals surface area contributed by atoms with E-state index in [0.717, 1.165) is 17.1 Å². The molecule has 1 N–H and O–H groups in total. The molecule has 0 saturated heterocycles. The molecule has 0 unspecified atom stereocenters. The maximum atomic E-state index is 12.4. The fraction of sp³-hybridized carbons (Fsp3) is 0.421. The van der Waals surface area contributed by atoms with Crippen LogP contribution in [-0.2, 0) is 4.79 Å². The third kappa shape index (κ3) is 4.96. The average Bonchev–Trinajstić information content (AvgIpc) is 3.14. The molecule has 0 radical (unpaired) electrons. The SMILES string of the molecule is COc1ccc(OC)c([C@H](C)NC(=O)CN(C)[C@H](C)c2cccs2)c1. The molecule has 0 spiro atoms. The van der Waals surface area contributed by atoms with Crippen LogP contribution < -0.4 is 14.8 Å². The van der Waals surface area contributed by atoms with E-state index >= 15 is 0 Å². The summed E-state index contributed by atoms with van der Waals surface area (Å²) >= 11 is 1.70. The number of hydrogen-bond acceptors (Lipinski definition) is 5. The van der Waals surface area contributed by atoms with Crippen LogP contribution in [0, 0.1) is 0 Å². The minimum atomic E-state index is -0.178. The zero-order chi connectivity index (χ0) is 18.4. The number of nitrogens with zero attached hydrogens (tertiary/aromatic N) is 1. The van der Waals surface area contributed by atoms with Gasteiger partial charge in [0, 0.05) is 16.5 Å². The van der Waals surface area contributed by atoms with E-state index in [0.29, 0.717) is 6.54 Å². The second-order valence-electron chi connectivity index (χ2n) is 6.00. The maximum absolute atomic E-state index is 12.4. The largest absolute Gasteiger partial charge is 0.497 e. The predicted molar refractivity (Wildman–Crippen MR) is 101 cm³/mol. The average molecular weight is 362 g/mol. The van der Waals surface area contributed by atoms with Crippen molar-refractivity contribution >= 4 is 17.2 Å². The highest BCUT2D eigenvalue weighted by Gasteiger charge is 2.19. The van der Waals surface area contributed by atoms with E-state index in [4.69, 9.17) is 9.47 Å². The standard InChI is InChI=1S/C19H26N2O3S/c1-13(16-11-15(23-4)8-9-17(16)24-5)20-19(22)12-21(3)14(2)18-7-6-10-25-18/h6-11,13-14H,12H2,1-5H3,(H,20,22)/t13-,14+/m0/s1. The molecule has 2 aromatic rings. The van der Waals surface area contributed by atoms with Crippen molar-refractivity contribution in [3.05, 3.63) is 46.2 Å². The molecule has 0 bridgehead atoms. The lowest BCUT2D eigenvalue weighted by Gasteiger charge is -2.24. The van der Waals surface area contributed by atoms with Crippen molar-refractivity contribution in [1.82, 2.24) is 10.2 Å². The highest BCUT2D eigenvalue weighted by atomic mass is 32.1. The van der Waals surface area contributed by atoms with Gasteiger partial charge in [-0.3, -0.25) is 9.69 Å². The number of rotatable bonds is 8. The lowest BCUT2D eigenvalue weighted by molar-refractivity contribution is -0.123. The molecule has 1 amide bonds. The predicted octanol–water partition coefficient (Wildman–Crippen LogP) is 3.64. The van der Waals surface area contributed by atoms with Crippen molar-refractivity contribution in [2.45, 2.75) is 25.9 Å². The lowest BCUT2D eigenvalue weighted by Crippen LogP contribution is -2.37. The second-order valence-corrected chi connectivity index (χ2v) is 6.98. The van der Waals surface area contributed by atoms with Gasteiger partial charge in [0.2, 0.25) is 5.91 Å². The molecule has 2 rings (SSSR count). The molecular weight excluding hydrogens is 336 g/mol. The first kappa shape index (κ1) is 19.3. The Kier molecular flexibility index (Phi) is 6.84. The van der Waals surface area contributed by atoms with Crippen molar-refractivity contribution in [3.63, 3.8) is 0 Å². The fourth-order valence-corrected chi connectivity index (χ4v) is 3.50. The Balaban J connectivity index is 2.00. The first-order valence-corrected chi connectivity index (χ1v) is 9.09. The summed E-state index contributed by atoms with van der Waals surface area (Å²) < 4.78 is 10.7. The van der Waals surface area contributed by atoms with E-state index in [2.05, 4.69) is 23.7 Å². The van der Waals surface area contributed by atoms with Gasteiger partial charge in [0.05, 0.1) is 26.8 Å². The van der Waals surface area contributed by atoms with Crippen LogP contribution in [0.15, 0.2) is 35.7 Å². The van der Waals surface area contributed by atoms with Crippen LogP contribution in [-0.4, -0.2) is 38.6 Å². The Morgan fingerprint density at radius 2 is 2.00 bits per heavy atom. The van der Waals surface area contributed by atoms with Gasteiger partial charge >= 0.3 is 0 Å². The summed E-state index contributed by atoms with van der Waals surface area (Å²) in [5.74, 6) is 1.44. The molecule has 6 heteroatoms. The lowest BCUT2D eigenvalue weighted by atomic mass is 10.1. The van der Waals surface area contributed by atoms with Crippen LogP contribution in [0.1, 0.15) is 36.4 Å². The fourth-order valence-electron chi connectivity index (χ4n) is 2.65. The van der Waals surface area contributed by atoms with Gasteiger partial charge in [-0.2, -0.15) is 0 Å². The molecule has 5 nitrogen and oxygen atoms in total. The quantitative estimate of drug-likeness (QED) is 0.779. The van der Waals surface area contributed by atoms with Crippen LogP contribution in [0.25, 0.3) is 0 Å². The van der Waals surface area contributed by atoms with Gasteiger partial charge in [-0.15, -0.1) is 11.3 Å². The Labute approximate surface area is 153 Å². The first-order valence-electron chi connectivity index (χ1n) is 8.21. The summed E-state index contributed by atoms with van der Waals surface area (Å²) in [6.45, 7) is 4.38. The number of methoxy groups -OCH3 is 2. The van der Waals surface area contributed by atoms with E-state index in [1.807, 2.05) is 43.1 Å². The molecule has 136 valence electrons. The normalized spacial score (nSPS) is 13.4. The van der Waals surface area contributed by atoms with Gasteiger partial charge < -0.3 is 14.8 Å². The van der Waals surface area contributed by atoms with Gasteiger partial charge in [0.25, 0.3) is 0 Å². The molecule has 0 fully saturated rings. The summed E-state index contributed by atoms with van der Waals surface area (Å²) in [5.41, 5.74) is 0.893. The summed E-state index contributed by atoms with van der Waals surface area (Å²) in [6.07, 6.45) is 0. The number of hydrogen-bond donors (Lipinski definition) is 1. The number of thiophene rings is 1. The Bertz CT molecular complexity index is 688. The van der Waals surface area contributed by atoms with Crippen molar-refractivity contribution in [1.29, 1.82) is 0 Å². The monoisotopic (exact) mass is 362 g/mol. The smallest absolute Gasteiger partial charge is 0.234 e. The van der Waals surface area contributed by atoms with E-state index in [1.54, 1.807) is 25.6 Å². The number of nitrogens with one attached hydrogen (secondary N) is 1. The number of likely N-dealkylation sites (N-methyl/N-ethyl adjacent to an activating group) is 1. The summed E-state index contributed by atoms with van der Waals surface area (Å²) in [6, 6.07) is 9.72. The van der Waals surface area contributed by atoms with Crippen LogP contribution in [0.5, 0.6) is 11.5 Å². The zero-order valence-electron chi connectivity index (χ0n) is 15.4. The van der Waals surface area contributed by atoms with Crippen LogP contribution in [0.2, 0.25) is 0 Å². The number of ether oxygens (including phenoxy) is 2. The van der Waals surface area contributed by atoms with Crippen LogP contribution >= 0.6 is 11.3 Å². The summed E-state index contributed by atoms with van der Waals surface area (Å²) in [5, 5.41) is 5.09. The maximum Gasteiger partial charge on any atom is 0.234 e. The highest BCUT2D eigenvalue weighted by Crippen LogP contribution is 2.29. The molecule has 0 aliphatic carbocycles. The topological polar surface area (TPSA) is 50.8 Å². The first-order chi connectivity index (χ1) is 12.0. The molecule has 2 atom stereocenters. The van der Waals surface area contributed by atoms with Gasteiger partial charge in [-0.25, -0.2) is 0 Å². The Morgan fingerprint density at radius 1 is 1.24 bits per heavy atom. The van der Waals surface area contributed by atoms with Crippen LogP contribution in [0.3, 0.4) is 0 Å². The number of carbonyl (C=O) groups is 1. The zero-order valence-corrected chi connectivity index (χ0v) is 16.2. The van der Waals surface area contributed by atoms with Crippen molar-refractivity contribution in [2.75, 3.05) is 27.8 Å². The van der Waals surface area contributed by atoms with E-state index in [-0.39, 0.29) is 18.0 Å². The molecule has 1 aromatic carbocycles. The summed E-state index contributed by atoms with van der Waals surface area (Å²) in [7, 11) is 5.20. The molecule has 1 aromatic heterocycles. The van der Waals surface area contributed by atoms with Crippen molar-refractivity contribution in [3.8, 4) is 11.5 Å². The van der Waals surface area contributed by atoms with Crippen LogP contribution in [0.4, 0.5) is 0 Å². The molecule has 0 aliphatic rings. The second kappa shape index (κ2) is 8.87. The molecule has 0 saturated carbocycles.